The molecule has 9 nitrogen and oxygen atoms in total. The van der Waals surface area contributed by atoms with E-state index in [1.807, 2.05) is 0 Å². The van der Waals surface area contributed by atoms with Gasteiger partial charge in [0.1, 0.15) is 0 Å². The number of carbonyl (C=O) groups is 2. The lowest BCUT2D eigenvalue weighted by molar-refractivity contribution is -0.131. The van der Waals surface area contributed by atoms with Crippen LogP contribution in [-0.2, 0) is 22.4 Å². The molecule has 0 aliphatic carbocycles. The lowest BCUT2D eigenvalue weighted by Gasteiger charge is -2.23. The number of hydrogen-bond donors (Lipinski definition) is 6. The molecule has 0 heterocycles. The van der Waals surface area contributed by atoms with Crippen LogP contribution in [0.5, 0.6) is 23.0 Å². The largest absolute Gasteiger partial charge is 0.504 e. The Kier molecular flexibility index (Phi) is 11.0. The maximum atomic E-state index is 12.8. The van der Waals surface area contributed by atoms with E-state index < -0.39 is 0 Å². The Balaban J connectivity index is 1.75. The third-order valence-corrected chi connectivity index (χ3v) is 5.51. The standard InChI is InChI=1S/C25H35N3O6/c26-12-1-2-14-28(25(34)11-7-19-5-9-21(30)23(32)17-19)15-3-13-27-24(33)10-6-18-4-8-20(29)22(31)16-18/h4-5,8-9,16-17,29-32H,1-3,6-7,10-15,26H2,(H,27,33). The molecular weight excluding hydrogens is 438 g/mol. The van der Waals surface area contributed by atoms with Crippen molar-refractivity contribution in [3.8, 4) is 23.0 Å². The third-order valence-electron chi connectivity index (χ3n) is 5.51. The number of carbonyl (C=O) groups excluding carboxylic acids is 2. The zero-order chi connectivity index (χ0) is 24.9. The van der Waals surface area contributed by atoms with Crippen molar-refractivity contribution in [3.05, 3.63) is 47.5 Å². The summed E-state index contributed by atoms with van der Waals surface area (Å²) >= 11 is 0. The molecule has 2 amide bonds. The van der Waals surface area contributed by atoms with Gasteiger partial charge in [0, 0.05) is 32.5 Å². The monoisotopic (exact) mass is 473 g/mol. The Morgan fingerprint density at radius 3 is 1.88 bits per heavy atom. The molecule has 0 radical (unpaired) electrons. The minimum atomic E-state index is -0.209. The number of aromatic hydroxyl groups is 4. The fourth-order valence-corrected chi connectivity index (χ4v) is 3.51. The van der Waals surface area contributed by atoms with Crippen molar-refractivity contribution >= 4 is 11.8 Å². The fraction of sp³-hybridized carbons (Fsp3) is 0.440. The number of hydrogen-bond acceptors (Lipinski definition) is 7. The molecule has 7 N–H and O–H groups in total. The molecule has 0 atom stereocenters. The number of rotatable bonds is 14. The number of amides is 2. The third kappa shape index (κ3) is 9.19. The quantitative estimate of drug-likeness (QED) is 0.181. The number of phenolic OH excluding ortho intramolecular Hbond substituents is 4. The number of nitrogens with zero attached hydrogens (tertiary/aromatic N) is 1. The Bertz CT molecular complexity index is 950. The topological polar surface area (TPSA) is 156 Å². The highest BCUT2D eigenvalue weighted by molar-refractivity contribution is 5.77. The highest BCUT2D eigenvalue weighted by Gasteiger charge is 2.14. The van der Waals surface area contributed by atoms with E-state index in [9.17, 15) is 30.0 Å². The molecule has 0 aliphatic rings. The van der Waals surface area contributed by atoms with Crippen LogP contribution in [0.4, 0.5) is 0 Å². The molecule has 0 aromatic heterocycles. The van der Waals surface area contributed by atoms with E-state index in [1.54, 1.807) is 17.0 Å². The van der Waals surface area contributed by atoms with Gasteiger partial charge in [0.2, 0.25) is 11.8 Å². The smallest absolute Gasteiger partial charge is 0.222 e. The molecule has 0 fully saturated rings. The second-order valence-electron chi connectivity index (χ2n) is 8.23. The molecule has 0 unspecified atom stereocenters. The van der Waals surface area contributed by atoms with Crippen LogP contribution in [0, 0.1) is 0 Å². The van der Waals surface area contributed by atoms with E-state index in [0.717, 1.165) is 24.0 Å². The maximum Gasteiger partial charge on any atom is 0.222 e. The summed E-state index contributed by atoms with van der Waals surface area (Å²) in [7, 11) is 0. The van der Waals surface area contributed by atoms with Gasteiger partial charge in [-0.25, -0.2) is 0 Å². The predicted octanol–water partition coefficient (Wildman–Crippen LogP) is 2.15. The van der Waals surface area contributed by atoms with Gasteiger partial charge in [-0.15, -0.1) is 0 Å². The molecule has 186 valence electrons. The normalized spacial score (nSPS) is 10.7. The average molecular weight is 474 g/mol. The molecule has 0 aliphatic heterocycles. The molecular formula is C25H35N3O6. The van der Waals surface area contributed by atoms with Gasteiger partial charge in [0.15, 0.2) is 23.0 Å². The number of aryl methyl sites for hydroxylation is 2. The van der Waals surface area contributed by atoms with Gasteiger partial charge in [-0.3, -0.25) is 9.59 Å². The molecule has 34 heavy (non-hydrogen) atoms. The average Bonchev–Trinajstić information content (AvgIpc) is 2.82. The molecule has 0 saturated carbocycles. The minimum Gasteiger partial charge on any atom is -0.504 e. The van der Waals surface area contributed by atoms with E-state index in [0.29, 0.717) is 45.4 Å². The van der Waals surface area contributed by atoms with Crippen molar-refractivity contribution in [1.29, 1.82) is 0 Å². The lowest BCUT2D eigenvalue weighted by Crippen LogP contribution is -2.35. The molecule has 0 saturated heterocycles. The molecule has 2 aromatic carbocycles. The first kappa shape index (κ1) is 26.8. The van der Waals surface area contributed by atoms with Crippen molar-refractivity contribution in [1.82, 2.24) is 10.2 Å². The number of nitrogens with two attached hydrogens (primary N) is 1. The number of nitrogens with one attached hydrogen (secondary N) is 1. The fourth-order valence-electron chi connectivity index (χ4n) is 3.51. The second kappa shape index (κ2) is 13.9. The number of phenols is 4. The van der Waals surface area contributed by atoms with Crippen LogP contribution >= 0.6 is 0 Å². The summed E-state index contributed by atoms with van der Waals surface area (Å²) in [6, 6.07) is 9.02. The van der Waals surface area contributed by atoms with Gasteiger partial charge in [-0.1, -0.05) is 12.1 Å². The van der Waals surface area contributed by atoms with Gasteiger partial charge in [0.05, 0.1) is 0 Å². The summed E-state index contributed by atoms with van der Waals surface area (Å²) < 4.78 is 0. The van der Waals surface area contributed by atoms with E-state index >= 15 is 0 Å². The molecule has 9 heteroatoms. The first-order valence-electron chi connectivity index (χ1n) is 11.6. The summed E-state index contributed by atoms with van der Waals surface area (Å²) in [6.07, 6.45) is 3.65. The van der Waals surface area contributed by atoms with Crippen molar-refractivity contribution in [2.24, 2.45) is 5.73 Å². The summed E-state index contributed by atoms with van der Waals surface area (Å²) in [6.45, 7) is 2.10. The van der Waals surface area contributed by atoms with Crippen molar-refractivity contribution < 1.29 is 30.0 Å². The van der Waals surface area contributed by atoms with Crippen LogP contribution in [0.25, 0.3) is 0 Å². The second-order valence-corrected chi connectivity index (χ2v) is 8.23. The maximum absolute atomic E-state index is 12.8. The molecule has 0 bridgehead atoms. The van der Waals surface area contributed by atoms with Crippen molar-refractivity contribution in [3.63, 3.8) is 0 Å². The van der Waals surface area contributed by atoms with Crippen molar-refractivity contribution in [2.45, 2.75) is 44.9 Å². The van der Waals surface area contributed by atoms with Crippen LogP contribution in [0.15, 0.2) is 36.4 Å². The zero-order valence-corrected chi connectivity index (χ0v) is 19.4. The van der Waals surface area contributed by atoms with Crippen LogP contribution < -0.4 is 11.1 Å². The lowest BCUT2D eigenvalue weighted by atomic mass is 10.1. The summed E-state index contributed by atoms with van der Waals surface area (Å²) in [5.74, 6) is -0.937. The number of unbranched alkanes of at least 4 members (excludes halogenated alkanes) is 1. The van der Waals surface area contributed by atoms with Crippen LogP contribution in [0.3, 0.4) is 0 Å². The van der Waals surface area contributed by atoms with Gasteiger partial charge in [-0.05, 0) is 74.0 Å². The Morgan fingerprint density at radius 1 is 0.765 bits per heavy atom. The Morgan fingerprint density at radius 2 is 1.32 bits per heavy atom. The zero-order valence-electron chi connectivity index (χ0n) is 19.4. The SMILES string of the molecule is NCCCCN(CCCNC(=O)CCc1ccc(O)c(O)c1)C(=O)CCc1ccc(O)c(O)c1. The van der Waals surface area contributed by atoms with E-state index in [1.165, 1.54) is 24.3 Å². The van der Waals surface area contributed by atoms with E-state index in [4.69, 9.17) is 5.73 Å². The van der Waals surface area contributed by atoms with Crippen LogP contribution in [-0.4, -0.2) is 63.3 Å². The van der Waals surface area contributed by atoms with Gasteiger partial charge < -0.3 is 36.4 Å². The highest BCUT2D eigenvalue weighted by Crippen LogP contribution is 2.26. The summed E-state index contributed by atoms with van der Waals surface area (Å²) in [4.78, 5) is 26.7. The van der Waals surface area contributed by atoms with E-state index in [2.05, 4.69) is 5.32 Å². The Hall–Kier alpha value is -3.46. The highest BCUT2D eigenvalue weighted by atomic mass is 16.3. The first-order chi connectivity index (χ1) is 16.3. The summed E-state index contributed by atoms with van der Waals surface area (Å²) in [5, 5.41) is 40.8. The van der Waals surface area contributed by atoms with Gasteiger partial charge in [0.25, 0.3) is 0 Å². The van der Waals surface area contributed by atoms with E-state index in [-0.39, 0.29) is 47.7 Å². The molecule has 0 spiro atoms. The summed E-state index contributed by atoms with van der Waals surface area (Å²) in [5.41, 5.74) is 7.09. The Labute approximate surface area is 199 Å². The van der Waals surface area contributed by atoms with Crippen LogP contribution in [0.1, 0.15) is 43.2 Å². The predicted molar refractivity (Wildman–Crippen MR) is 129 cm³/mol. The minimum absolute atomic E-state index is 0.0111. The first-order valence-corrected chi connectivity index (χ1v) is 11.6. The van der Waals surface area contributed by atoms with Gasteiger partial charge in [-0.2, -0.15) is 0 Å². The van der Waals surface area contributed by atoms with Crippen LogP contribution in [0.2, 0.25) is 0 Å². The molecule has 2 rings (SSSR count). The van der Waals surface area contributed by atoms with Gasteiger partial charge >= 0.3 is 0 Å². The van der Waals surface area contributed by atoms with Crippen molar-refractivity contribution in [2.75, 3.05) is 26.2 Å². The number of benzene rings is 2. The molecule has 2 aromatic rings.